The number of hydrogen-bond donors (Lipinski definition) is 1. The first-order valence-electron chi connectivity index (χ1n) is 7.36. The molecule has 142 valence electrons. The molecule has 2 aromatic rings. The average molecular weight is 460 g/mol. The van der Waals surface area contributed by atoms with Crippen LogP contribution in [0.2, 0.25) is 20.1 Å². The van der Waals surface area contributed by atoms with Crippen molar-refractivity contribution in [2.45, 2.75) is 0 Å². The Balaban J connectivity index is 1.58. The van der Waals surface area contributed by atoms with E-state index in [4.69, 9.17) is 64.9 Å². The molecule has 10 heteroatoms. The number of halogens is 4. The van der Waals surface area contributed by atoms with Crippen molar-refractivity contribution in [2.24, 2.45) is 0 Å². The summed E-state index contributed by atoms with van der Waals surface area (Å²) in [7, 11) is -2.04. The van der Waals surface area contributed by atoms with Crippen molar-refractivity contribution < 1.29 is 23.4 Å². The van der Waals surface area contributed by atoms with Crippen molar-refractivity contribution in [3.05, 3.63) is 56.5 Å². The predicted molar refractivity (Wildman–Crippen MR) is 105 cm³/mol. The van der Waals surface area contributed by atoms with Gasteiger partial charge in [0, 0.05) is 10.0 Å². The topological polar surface area (TPSA) is 57.2 Å². The van der Waals surface area contributed by atoms with Crippen LogP contribution in [0.5, 0.6) is 11.5 Å². The van der Waals surface area contributed by atoms with Gasteiger partial charge in [0.2, 0.25) is 0 Å². The number of ether oxygens (including phenoxy) is 2. The zero-order chi connectivity index (χ0) is 18.9. The highest BCUT2D eigenvalue weighted by Gasteiger charge is 2.09. The first kappa shape index (κ1) is 21.8. The molecule has 0 atom stereocenters. The van der Waals surface area contributed by atoms with Crippen LogP contribution >= 0.6 is 55.0 Å². The van der Waals surface area contributed by atoms with Gasteiger partial charge in [-0.3, -0.25) is 0 Å². The van der Waals surface area contributed by atoms with Crippen LogP contribution in [0, 0.1) is 0 Å². The third-order valence-corrected chi connectivity index (χ3v) is 4.74. The van der Waals surface area contributed by atoms with Crippen LogP contribution in [-0.2, 0) is 9.05 Å². The van der Waals surface area contributed by atoms with E-state index in [-0.39, 0.29) is 26.4 Å². The molecule has 0 unspecified atom stereocenters. The lowest BCUT2D eigenvalue weighted by atomic mass is 10.3. The van der Waals surface area contributed by atoms with Crippen molar-refractivity contribution in [3.8, 4) is 11.5 Å². The summed E-state index contributed by atoms with van der Waals surface area (Å²) in [4.78, 5) is 9.65. The average Bonchev–Trinajstić information content (AvgIpc) is 2.58. The largest absolute Gasteiger partial charge is 0.490 e. The van der Waals surface area contributed by atoms with Crippen LogP contribution in [0.1, 0.15) is 0 Å². The minimum atomic E-state index is -2.04. The van der Waals surface area contributed by atoms with Crippen LogP contribution in [0.3, 0.4) is 0 Å². The van der Waals surface area contributed by atoms with E-state index >= 15 is 0 Å². The zero-order valence-corrected chi connectivity index (χ0v) is 17.2. The minimum absolute atomic E-state index is 0.130. The highest BCUT2D eigenvalue weighted by Crippen LogP contribution is 2.33. The molecule has 0 fully saturated rings. The lowest BCUT2D eigenvalue weighted by Crippen LogP contribution is -2.08. The standard InChI is InChI=1S/C16H15Cl4O5P/c17-11-1-3-15(13(19)9-11)22-5-7-24-26(21)25-8-6-23-16-4-2-12(18)10-14(16)20/h1-4,9-10,21H,5-8H2. The predicted octanol–water partition coefficient (Wildman–Crippen LogP) is 6.01. The Morgan fingerprint density at radius 1 is 0.692 bits per heavy atom. The Bertz CT molecular complexity index is 660. The van der Waals surface area contributed by atoms with Gasteiger partial charge in [-0.15, -0.1) is 0 Å². The van der Waals surface area contributed by atoms with E-state index < -0.39 is 8.60 Å². The van der Waals surface area contributed by atoms with Crippen LogP contribution < -0.4 is 9.47 Å². The summed E-state index contributed by atoms with van der Waals surface area (Å²) in [6.07, 6.45) is 0. The molecule has 5 nitrogen and oxygen atoms in total. The molecule has 0 heterocycles. The van der Waals surface area contributed by atoms with Crippen molar-refractivity contribution in [1.29, 1.82) is 0 Å². The summed E-state index contributed by atoms with van der Waals surface area (Å²) in [5.41, 5.74) is 0. The normalized spacial score (nSPS) is 11.0. The molecular formula is C16H15Cl4O5P. The summed E-state index contributed by atoms with van der Waals surface area (Å²) in [5.74, 6) is 0.965. The van der Waals surface area contributed by atoms with E-state index in [1.807, 2.05) is 0 Å². The number of hydrogen-bond acceptors (Lipinski definition) is 5. The highest BCUT2D eigenvalue weighted by atomic mass is 35.5. The van der Waals surface area contributed by atoms with Gasteiger partial charge in [0.25, 0.3) is 0 Å². The molecule has 1 N–H and O–H groups in total. The Labute approximate surface area is 172 Å². The molecule has 0 aliphatic heterocycles. The molecule has 0 saturated heterocycles. The maximum atomic E-state index is 9.65. The second-order valence-electron chi connectivity index (χ2n) is 4.75. The molecule has 0 amide bonds. The molecule has 0 saturated carbocycles. The summed E-state index contributed by atoms with van der Waals surface area (Å²) in [6.45, 7) is 0.651. The highest BCUT2D eigenvalue weighted by molar-refractivity contribution is 7.40. The Hall–Kier alpha value is -0.490. The molecule has 0 spiro atoms. The van der Waals surface area contributed by atoms with Crippen LogP contribution in [0.25, 0.3) is 0 Å². The smallest absolute Gasteiger partial charge is 0.330 e. The molecule has 0 radical (unpaired) electrons. The second-order valence-corrected chi connectivity index (χ2v) is 7.43. The fourth-order valence-corrected chi connectivity index (χ4v) is 3.22. The van der Waals surface area contributed by atoms with Crippen molar-refractivity contribution >= 4 is 55.0 Å². The summed E-state index contributed by atoms with van der Waals surface area (Å²) >= 11 is 23.5. The first-order chi connectivity index (χ1) is 12.5. The maximum Gasteiger partial charge on any atom is 0.330 e. The lowest BCUT2D eigenvalue weighted by molar-refractivity contribution is 0.149. The fraction of sp³-hybridized carbons (Fsp3) is 0.250. The van der Waals surface area contributed by atoms with E-state index in [2.05, 4.69) is 0 Å². The van der Waals surface area contributed by atoms with Crippen LogP contribution in [0.4, 0.5) is 0 Å². The molecule has 2 aromatic carbocycles. The van der Waals surface area contributed by atoms with Gasteiger partial charge < -0.3 is 23.4 Å². The second kappa shape index (κ2) is 11.4. The number of benzene rings is 2. The van der Waals surface area contributed by atoms with E-state index in [0.29, 0.717) is 31.6 Å². The van der Waals surface area contributed by atoms with Gasteiger partial charge in [-0.1, -0.05) is 46.4 Å². The van der Waals surface area contributed by atoms with Gasteiger partial charge >= 0.3 is 8.60 Å². The van der Waals surface area contributed by atoms with Gasteiger partial charge in [-0.2, -0.15) is 0 Å². The van der Waals surface area contributed by atoms with E-state index in [0.717, 1.165) is 0 Å². The Morgan fingerprint density at radius 3 is 1.50 bits per heavy atom. The minimum Gasteiger partial charge on any atom is -0.490 e. The van der Waals surface area contributed by atoms with Crippen molar-refractivity contribution in [3.63, 3.8) is 0 Å². The molecule has 0 aromatic heterocycles. The van der Waals surface area contributed by atoms with Gasteiger partial charge in [0.15, 0.2) is 0 Å². The van der Waals surface area contributed by atoms with Gasteiger partial charge in [-0.05, 0) is 36.4 Å². The first-order valence-corrected chi connectivity index (χ1v) is 10.0. The van der Waals surface area contributed by atoms with Gasteiger partial charge in [-0.25, -0.2) is 0 Å². The van der Waals surface area contributed by atoms with E-state index in [1.165, 1.54) is 0 Å². The van der Waals surface area contributed by atoms with Crippen LogP contribution in [0.15, 0.2) is 36.4 Å². The third kappa shape index (κ3) is 7.63. The fourth-order valence-electron chi connectivity index (χ4n) is 1.76. The lowest BCUT2D eigenvalue weighted by Gasteiger charge is -2.13. The molecule has 0 aliphatic rings. The van der Waals surface area contributed by atoms with Crippen LogP contribution in [-0.4, -0.2) is 31.3 Å². The Morgan fingerprint density at radius 2 is 1.12 bits per heavy atom. The summed E-state index contributed by atoms with van der Waals surface area (Å²) in [5, 5.41) is 1.84. The van der Waals surface area contributed by atoms with Crippen molar-refractivity contribution in [1.82, 2.24) is 0 Å². The van der Waals surface area contributed by atoms with Gasteiger partial charge in [0.05, 0.1) is 23.3 Å². The zero-order valence-electron chi connectivity index (χ0n) is 13.3. The molecule has 26 heavy (non-hydrogen) atoms. The molecular weight excluding hydrogens is 445 g/mol. The molecule has 2 rings (SSSR count). The monoisotopic (exact) mass is 458 g/mol. The van der Waals surface area contributed by atoms with Crippen molar-refractivity contribution in [2.75, 3.05) is 26.4 Å². The third-order valence-electron chi connectivity index (χ3n) is 2.87. The van der Waals surface area contributed by atoms with E-state index in [1.54, 1.807) is 36.4 Å². The quantitative estimate of drug-likeness (QED) is 0.348. The SMILES string of the molecule is OP(OCCOc1ccc(Cl)cc1Cl)OCCOc1ccc(Cl)cc1Cl. The van der Waals surface area contributed by atoms with Gasteiger partial charge in [0.1, 0.15) is 24.7 Å². The molecule has 0 aliphatic carbocycles. The summed E-state index contributed by atoms with van der Waals surface area (Å²) in [6, 6.07) is 9.80. The Kier molecular flexibility index (Phi) is 9.54. The number of rotatable bonds is 10. The summed E-state index contributed by atoms with van der Waals surface area (Å²) < 4.78 is 21.1. The van der Waals surface area contributed by atoms with E-state index in [9.17, 15) is 4.89 Å². The molecule has 0 bridgehead atoms. The maximum absolute atomic E-state index is 9.65.